The van der Waals surface area contributed by atoms with Gasteiger partial charge < -0.3 is 10.0 Å². The van der Waals surface area contributed by atoms with E-state index in [1.54, 1.807) is 6.08 Å². The maximum atomic E-state index is 9.81. The Hall–Kier alpha value is -1.28. The lowest BCUT2D eigenvalue weighted by Crippen LogP contribution is -2.23. The van der Waals surface area contributed by atoms with E-state index < -0.39 is 6.10 Å². The van der Waals surface area contributed by atoms with Crippen molar-refractivity contribution >= 4 is 5.69 Å². The van der Waals surface area contributed by atoms with Crippen molar-refractivity contribution in [3.63, 3.8) is 0 Å². The quantitative estimate of drug-likeness (QED) is 0.747. The van der Waals surface area contributed by atoms with Crippen LogP contribution in [0.25, 0.3) is 0 Å². The fourth-order valence-electron chi connectivity index (χ4n) is 1.72. The maximum Gasteiger partial charge on any atom is 0.0989 e. The summed E-state index contributed by atoms with van der Waals surface area (Å²) in [6, 6.07) is 7.91. The molecule has 0 aliphatic carbocycles. The minimum Gasteiger partial charge on any atom is -0.384 e. The Morgan fingerprint density at radius 1 is 1.33 bits per heavy atom. The van der Waals surface area contributed by atoms with Crippen molar-refractivity contribution in [1.82, 2.24) is 0 Å². The van der Waals surface area contributed by atoms with Crippen molar-refractivity contribution in [2.75, 3.05) is 18.0 Å². The molecule has 0 amide bonds. The van der Waals surface area contributed by atoms with Crippen LogP contribution in [0.3, 0.4) is 0 Å². The van der Waals surface area contributed by atoms with Crippen molar-refractivity contribution in [2.45, 2.75) is 20.0 Å². The Kier molecular flexibility index (Phi) is 4.37. The van der Waals surface area contributed by atoms with Crippen LogP contribution in [0.5, 0.6) is 0 Å². The summed E-state index contributed by atoms with van der Waals surface area (Å²) in [6.07, 6.45) is 0.976. The van der Waals surface area contributed by atoms with Crippen LogP contribution in [0, 0.1) is 0 Å². The number of hydrogen-bond donors (Lipinski definition) is 1. The van der Waals surface area contributed by atoms with Gasteiger partial charge in [0.1, 0.15) is 0 Å². The van der Waals surface area contributed by atoms with Gasteiger partial charge in [-0.3, -0.25) is 0 Å². The molecular weight excluding hydrogens is 186 g/mol. The normalized spacial score (nSPS) is 12.2. The first-order valence-electron chi connectivity index (χ1n) is 5.39. The number of rotatable bonds is 5. The first-order chi connectivity index (χ1) is 7.24. The monoisotopic (exact) mass is 205 g/mol. The summed E-state index contributed by atoms with van der Waals surface area (Å²) in [5.74, 6) is 0. The van der Waals surface area contributed by atoms with Crippen LogP contribution in [0.1, 0.15) is 25.5 Å². The number of benzene rings is 1. The van der Waals surface area contributed by atoms with Crippen molar-refractivity contribution in [1.29, 1.82) is 0 Å². The van der Waals surface area contributed by atoms with Crippen molar-refractivity contribution < 1.29 is 5.11 Å². The molecule has 0 spiro atoms. The van der Waals surface area contributed by atoms with Gasteiger partial charge in [0.25, 0.3) is 0 Å². The van der Waals surface area contributed by atoms with Crippen molar-refractivity contribution in [3.05, 3.63) is 42.5 Å². The van der Waals surface area contributed by atoms with E-state index in [-0.39, 0.29) is 0 Å². The van der Waals surface area contributed by atoms with Gasteiger partial charge in [-0.05, 0) is 19.9 Å². The predicted octanol–water partition coefficient (Wildman–Crippen LogP) is 2.75. The first kappa shape index (κ1) is 11.8. The minimum absolute atomic E-state index is 0.582. The molecule has 0 aliphatic rings. The summed E-state index contributed by atoms with van der Waals surface area (Å²) in [7, 11) is 0. The molecule has 0 fully saturated rings. The molecule has 0 bridgehead atoms. The molecule has 82 valence electrons. The largest absolute Gasteiger partial charge is 0.384 e. The molecule has 2 nitrogen and oxygen atoms in total. The second-order valence-corrected chi connectivity index (χ2v) is 3.41. The number of nitrogens with zero attached hydrogens (tertiary/aromatic N) is 1. The van der Waals surface area contributed by atoms with E-state index in [1.807, 2.05) is 24.3 Å². The predicted molar refractivity (Wildman–Crippen MR) is 65.2 cm³/mol. The van der Waals surface area contributed by atoms with Gasteiger partial charge in [0.15, 0.2) is 0 Å². The van der Waals surface area contributed by atoms with Gasteiger partial charge >= 0.3 is 0 Å². The minimum atomic E-state index is -0.582. The Morgan fingerprint density at radius 2 is 1.93 bits per heavy atom. The summed E-state index contributed by atoms with van der Waals surface area (Å²) in [5, 5.41) is 9.81. The second-order valence-electron chi connectivity index (χ2n) is 3.41. The van der Waals surface area contributed by atoms with Crippen LogP contribution >= 0.6 is 0 Å². The molecule has 2 heteroatoms. The standard InChI is InChI=1S/C13H19NO/c1-4-13(15)11-9-7-8-10-12(11)14(5-2)6-3/h4,7-10,13,15H,1,5-6H2,2-3H3. The third-order valence-electron chi connectivity index (χ3n) is 2.58. The van der Waals surface area contributed by atoms with E-state index in [2.05, 4.69) is 25.3 Å². The molecule has 0 radical (unpaired) electrons. The summed E-state index contributed by atoms with van der Waals surface area (Å²) >= 11 is 0. The van der Waals surface area contributed by atoms with Gasteiger partial charge in [0.05, 0.1) is 6.10 Å². The maximum absolute atomic E-state index is 9.81. The summed E-state index contributed by atoms with van der Waals surface area (Å²) in [6.45, 7) is 9.73. The highest BCUT2D eigenvalue weighted by atomic mass is 16.3. The van der Waals surface area contributed by atoms with Crippen LogP contribution in [0.4, 0.5) is 5.69 Å². The molecule has 1 aromatic carbocycles. The van der Waals surface area contributed by atoms with Gasteiger partial charge in [0, 0.05) is 24.3 Å². The first-order valence-corrected chi connectivity index (χ1v) is 5.39. The molecule has 1 N–H and O–H groups in total. The van der Waals surface area contributed by atoms with Crippen LogP contribution in [-0.2, 0) is 0 Å². The summed E-state index contributed by atoms with van der Waals surface area (Å²) < 4.78 is 0. The molecule has 1 rings (SSSR count). The van der Waals surface area contributed by atoms with Gasteiger partial charge in [-0.2, -0.15) is 0 Å². The average Bonchev–Trinajstić information content (AvgIpc) is 2.30. The smallest absolute Gasteiger partial charge is 0.0989 e. The van der Waals surface area contributed by atoms with E-state index in [1.165, 1.54) is 0 Å². The Bertz CT molecular complexity index is 318. The number of aliphatic hydroxyl groups is 1. The topological polar surface area (TPSA) is 23.5 Å². The third kappa shape index (κ3) is 2.60. The summed E-state index contributed by atoms with van der Waals surface area (Å²) in [4.78, 5) is 2.22. The van der Waals surface area contributed by atoms with Crippen LogP contribution in [0.15, 0.2) is 36.9 Å². The average molecular weight is 205 g/mol. The molecule has 1 unspecified atom stereocenters. The van der Waals surface area contributed by atoms with Crippen LogP contribution in [-0.4, -0.2) is 18.2 Å². The zero-order valence-corrected chi connectivity index (χ0v) is 9.48. The highest BCUT2D eigenvalue weighted by molar-refractivity contribution is 5.55. The highest BCUT2D eigenvalue weighted by Crippen LogP contribution is 2.26. The van der Waals surface area contributed by atoms with Gasteiger partial charge in [-0.15, -0.1) is 6.58 Å². The zero-order valence-electron chi connectivity index (χ0n) is 9.48. The second kappa shape index (κ2) is 5.56. The van der Waals surface area contributed by atoms with E-state index in [4.69, 9.17) is 0 Å². The molecule has 0 saturated heterocycles. The van der Waals surface area contributed by atoms with Crippen molar-refractivity contribution in [3.8, 4) is 0 Å². The highest BCUT2D eigenvalue weighted by Gasteiger charge is 2.11. The Balaban J connectivity index is 3.10. The molecule has 0 heterocycles. The van der Waals surface area contributed by atoms with E-state index in [0.717, 1.165) is 24.3 Å². The van der Waals surface area contributed by atoms with Crippen LogP contribution in [0.2, 0.25) is 0 Å². The van der Waals surface area contributed by atoms with E-state index >= 15 is 0 Å². The number of aliphatic hydroxyl groups excluding tert-OH is 1. The summed E-state index contributed by atoms with van der Waals surface area (Å²) in [5.41, 5.74) is 2.02. The van der Waals surface area contributed by atoms with Crippen molar-refractivity contribution in [2.24, 2.45) is 0 Å². The Morgan fingerprint density at radius 3 is 2.47 bits per heavy atom. The molecule has 15 heavy (non-hydrogen) atoms. The lowest BCUT2D eigenvalue weighted by Gasteiger charge is -2.25. The number of anilines is 1. The molecule has 1 atom stereocenters. The van der Waals surface area contributed by atoms with Gasteiger partial charge in [-0.1, -0.05) is 24.3 Å². The number of para-hydroxylation sites is 1. The molecular formula is C13H19NO. The zero-order chi connectivity index (χ0) is 11.3. The Labute approximate surface area is 91.9 Å². The fourth-order valence-corrected chi connectivity index (χ4v) is 1.72. The van der Waals surface area contributed by atoms with E-state index in [0.29, 0.717) is 0 Å². The lowest BCUT2D eigenvalue weighted by molar-refractivity contribution is 0.229. The van der Waals surface area contributed by atoms with E-state index in [9.17, 15) is 5.11 Å². The molecule has 0 aliphatic heterocycles. The third-order valence-corrected chi connectivity index (χ3v) is 2.58. The molecule has 1 aromatic rings. The lowest BCUT2D eigenvalue weighted by atomic mass is 10.1. The molecule has 0 aromatic heterocycles. The fraction of sp³-hybridized carbons (Fsp3) is 0.385. The van der Waals surface area contributed by atoms with Crippen LogP contribution < -0.4 is 4.90 Å². The SMILES string of the molecule is C=CC(O)c1ccccc1N(CC)CC. The van der Waals surface area contributed by atoms with Gasteiger partial charge in [-0.25, -0.2) is 0 Å². The molecule has 0 saturated carbocycles. The van der Waals surface area contributed by atoms with Gasteiger partial charge in [0.2, 0.25) is 0 Å². The number of hydrogen-bond acceptors (Lipinski definition) is 2.